The van der Waals surface area contributed by atoms with Crippen molar-refractivity contribution >= 4 is 5.91 Å². The van der Waals surface area contributed by atoms with Crippen molar-refractivity contribution in [3.05, 3.63) is 29.8 Å². The van der Waals surface area contributed by atoms with Crippen molar-refractivity contribution in [2.75, 3.05) is 52.5 Å². The van der Waals surface area contributed by atoms with E-state index in [1.807, 2.05) is 24.3 Å². The highest BCUT2D eigenvalue weighted by molar-refractivity contribution is 5.77. The van der Waals surface area contributed by atoms with Crippen LogP contribution in [0.4, 0.5) is 0 Å². The summed E-state index contributed by atoms with van der Waals surface area (Å²) in [5.74, 6) is 1.69. The largest absolute Gasteiger partial charge is 0.492 e. The van der Waals surface area contributed by atoms with E-state index in [9.17, 15) is 4.79 Å². The molecule has 1 saturated heterocycles. The molecular formula is C19H29N3O3. The van der Waals surface area contributed by atoms with Crippen LogP contribution in [0, 0.1) is 5.92 Å². The molecule has 1 heterocycles. The molecule has 0 bridgehead atoms. The van der Waals surface area contributed by atoms with Crippen LogP contribution in [0.15, 0.2) is 24.3 Å². The van der Waals surface area contributed by atoms with E-state index in [1.165, 1.54) is 12.8 Å². The van der Waals surface area contributed by atoms with Crippen molar-refractivity contribution in [1.29, 1.82) is 0 Å². The van der Waals surface area contributed by atoms with E-state index in [1.54, 1.807) is 0 Å². The summed E-state index contributed by atoms with van der Waals surface area (Å²) < 4.78 is 11.2. The van der Waals surface area contributed by atoms with Crippen LogP contribution >= 0.6 is 0 Å². The lowest BCUT2D eigenvalue weighted by molar-refractivity contribution is -0.120. The van der Waals surface area contributed by atoms with Crippen LogP contribution in [0.25, 0.3) is 0 Å². The summed E-state index contributed by atoms with van der Waals surface area (Å²) in [4.78, 5) is 14.2. The van der Waals surface area contributed by atoms with Crippen molar-refractivity contribution in [2.24, 2.45) is 5.92 Å². The summed E-state index contributed by atoms with van der Waals surface area (Å²) in [6.07, 6.45) is 2.60. The highest BCUT2D eigenvalue weighted by Crippen LogP contribution is 2.27. The van der Waals surface area contributed by atoms with E-state index < -0.39 is 0 Å². The first-order chi connectivity index (χ1) is 12.3. The summed E-state index contributed by atoms with van der Waals surface area (Å²) >= 11 is 0. The van der Waals surface area contributed by atoms with Crippen LogP contribution in [-0.4, -0.2) is 63.4 Å². The fourth-order valence-corrected chi connectivity index (χ4v) is 2.84. The number of hydrogen-bond acceptors (Lipinski definition) is 5. The second kappa shape index (κ2) is 9.75. The van der Waals surface area contributed by atoms with Gasteiger partial charge in [0.25, 0.3) is 0 Å². The number of ether oxygens (including phenoxy) is 2. The molecule has 0 radical (unpaired) electrons. The fourth-order valence-electron chi connectivity index (χ4n) is 2.84. The maximum Gasteiger partial charge on any atom is 0.234 e. The predicted octanol–water partition coefficient (Wildman–Crippen LogP) is 1.01. The number of carbonyl (C=O) groups is 1. The van der Waals surface area contributed by atoms with Gasteiger partial charge in [0.15, 0.2) is 0 Å². The lowest BCUT2D eigenvalue weighted by Gasteiger charge is -2.26. The van der Waals surface area contributed by atoms with Gasteiger partial charge in [-0.1, -0.05) is 12.1 Å². The molecule has 0 aromatic heterocycles. The number of amides is 1. The maximum absolute atomic E-state index is 11.8. The first-order valence-corrected chi connectivity index (χ1v) is 9.29. The zero-order valence-corrected chi connectivity index (χ0v) is 14.8. The number of carbonyl (C=O) groups excluding carboxylic acids is 1. The van der Waals surface area contributed by atoms with Gasteiger partial charge in [-0.25, -0.2) is 0 Å². The molecule has 2 fully saturated rings. The van der Waals surface area contributed by atoms with Gasteiger partial charge in [0.2, 0.25) is 5.91 Å². The van der Waals surface area contributed by atoms with Crippen LogP contribution in [0.2, 0.25) is 0 Å². The van der Waals surface area contributed by atoms with Gasteiger partial charge in [0.05, 0.1) is 19.8 Å². The molecule has 0 atom stereocenters. The van der Waals surface area contributed by atoms with Crippen LogP contribution < -0.4 is 15.4 Å². The normalized spacial score (nSPS) is 18.1. The number of rotatable bonds is 10. The summed E-state index contributed by atoms with van der Waals surface area (Å²) in [6, 6.07) is 7.93. The Labute approximate surface area is 149 Å². The molecule has 6 heteroatoms. The lowest BCUT2D eigenvalue weighted by atomic mass is 10.2. The second-order valence-electron chi connectivity index (χ2n) is 6.80. The molecule has 1 aliphatic carbocycles. The lowest BCUT2D eigenvalue weighted by Crippen LogP contribution is -2.38. The van der Waals surface area contributed by atoms with Crippen molar-refractivity contribution in [3.8, 4) is 5.75 Å². The molecule has 25 heavy (non-hydrogen) atoms. The molecule has 1 saturated carbocycles. The maximum atomic E-state index is 11.8. The molecule has 1 amide bonds. The van der Waals surface area contributed by atoms with Crippen LogP contribution in [-0.2, 0) is 16.1 Å². The molecule has 6 nitrogen and oxygen atoms in total. The molecule has 1 aliphatic heterocycles. The third kappa shape index (κ3) is 7.02. The third-order valence-corrected chi connectivity index (χ3v) is 4.58. The topological polar surface area (TPSA) is 62.8 Å². The van der Waals surface area contributed by atoms with Crippen molar-refractivity contribution in [2.45, 2.75) is 19.4 Å². The molecule has 1 aromatic carbocycles. The number of hydrogen-bond donors (Lipinski definition) is 2. The Morgan fingerprint density at radius 1 is 1.28 bits per heavy atom. The Hall–Kier alpha value is -1.63. The Morgan fingerprint density at radius 3 is 2.92 bits per heavy atom. The quantitative estimate of drug-likeness (QED) is 0.662. The molecule has 0 unspecified atom stereocenters. The van der Waals surface area contributed by atoms with E-state index >= 15 is 0 Å². The average molecular weight is 347 g/mol. The van der Waals surface area contributed by atoms with Gasteiger partial charge in [-0.15, -0.1) is 0 Å². The van der Waals surface area contributed by atoms with E-state index in [2.05, 4.69) is 15.5 Å². The summed E-state index contributed by atoms with van der Waals surface area (Å²) in [7, 11) is 0. The summed E-state index contributed by atoms with van der Waals surface area (Å²) in [5, 5.41) is 6.15. The molecule has 2 aliphatic rings. The van der Waals surface area contributed by atoms with Gasteiger partial charge >= 0.3 is 0 Å². The zero-order chi connectivity index (χ0) is 17.3. The minimum Gasteiger partial charge on any atom is -0.492 e. The SMILES string of the molecule is O=C(CNCC1CC1)NCc1cccc(OCCN2CCOCC2)c1. The van der Waals surface area contributed by atoms with Gasteiger partial charge in [0, 0.05) is 26.2 Å². The number of nitrogens with zero attached hydrogens (tertiary/aromatic N) is 1. The van der Waals surface area contributed by atoms with Crippen molar-refractivity contribution in [1.82, 2.24) is 15.5 Å². The standard InChI is InChI=1S/C19H29N3O3/c23-19(15-20-13-16-4-5-16)21-14-17-2-1-3-18(12-17)25-11-8-22-6-9-24-10-7-22/h1-3,12,16,20H,4-11,13-15H2,(H,21,23). The highest BCUT2D eigenvalue weighted by atomic mass is 16.5. The fraction of sp³-hybridized carbons (Fsp3) is 0.632. The average Bonchev–Trinajstić information content (AvgIpc) is 3.46. The smallest absolute Gasteiger partial charge is 0.234 e. The Kier molecular flexibility index (Phi) is 7.09. The predicted molar refractivity (Wildman–Crippen MR) is 96.6 cm³/mol. The van der Waals surface area contributed by atoms with Gasteiger partial charge < -0.3 is 20.1 Å². The van der Waals surface area contributed by atoms with Crippen LogP contribution in [0.5, 0.6) is 5.75 Å². The first kappa shape index (κ1) is 18.2. The molecule has 2 N–H and O–H groups in total. The van der Waals surface area contributed by atoms with E-state index in [4.69, 9.17) is 9.47 Å². The van der Waals surface area contributed by atoms with E-state index in [0.29, 0.717) is 19.7 Å². The molecule has 1 aromatic rings. The number of benzene rings is 1. The van der Waals surface area contributed by atoms with Crippen LogP contribution in [0.1, 0.15) is 18.4 Å². The first-order valence-electron chi connectivity index (χ1n) is 9.29. The Bertz CT molecular complexity index is 542. The van der Waals surface area contributed by atoms with Gasteiger partial charge in [0.1, 0.15) is 12.4 Å². The minimum absolute atomic E-state index is 0.0410. The van der Waals surface area contributed by atoms with Crippen molar-refractivity contribution < 1.29 is 14.3 Å². The minimum atomic E-state index is 0.0410. The Morgan fingerprint density at radius 2 is 2.12 bits per heavy atom. The van der Waals surface area contributed by atoms with Gasteiger partial charge in [-0.2, -0.15) is 0 Å². The van der Waals surface area contributed by atoms with E-state index in [0.717, 1.165) is 56.6 Å². The van der Waals surface area contributed by atoms with Gasteiger partial charge in [-0.3, -0.25) is 9.69 Å². The number of morpholine rings is 1. The van der Waals surface area contributed by atoms with Gasteiger partial charge in [-0.05, 0) is 43.0 Å². The van der Waals surface area contributed by atoms with E-state index in [-0.39, 0.29) is 5.91 Å². The summed E-state index contributed by atoms with van der Waals surface area (Å²) in [6.45, 7) is 7.04. The molecule has 3 rings (SSSR count). The highest BCUT2D eigenvalue weighted by Gasteiger charge is 2.20. The summed E-state index contributed by atoms with van der Waals surface area (Å²) in [5.41, 5.74) is 1.06. The second-order valence-corrected chi connectivity index (χ2v) is 6.80. The molecule has 138 valence electrons. The number of nitrogens with one attached hydrogen (secondary N) is 2. The van der Waals surface area contributed by atoms with Crippen molar-refractivity contribution in [3.63, 3.8) is 0 Å². The third-order valence-electron chi connectivity index (χ3n) is 4.58. The zero-order valence-electron chi connectivity index (χ0n) is 14.8. The van der Waals surface area contributed by atoms with Crippen LogP contribution in [0.3, 0.4) is 0 Å². The molecular weight excluding hydrogens is 318 g/mol. The monoisotopic (exact) mass is 347 g/mol. The Balaban J connectivity index is 1.33. The molecule has 0 spiro atoms.